The Morgan fingerprint density at radius 3 is 2.80 bits per heavy atom. The molecule has 1 saturated heterocycles. The van der Waals surface area contributed by atoms with Crippen LogP contribution in [0.15, 0.2) is 10.5 Å². The Labute approximate surface area is 125 Å². The van der Waals surface area contributed by atoms with Crippen molar-refractivity contribution in [1.29, 1.82) is 0 Å². The minimum atomic E-state index is -3.60. The second-order valence-corrected chi connectivity index (χ2v) is 7.39. The normalized spacial score (nSPS) is 19.6. The maximum absolute atomic E-state index is 12.0. The molecule has 0 saturated carbocycles. The van der Waals surface area contributed by atoms with Crippen molar-refractivity contribution in [3.8, 4) is 0 Å². The summed E-state index contributed by atoms with van der Waals surface area (Å²) in [6, 6.07) is 1.68. The smallest absolute Gasteiger partial charge is 0.228 e. The third kappa shape index (κ3) is 3.28. The number of pyridine rings is 1. The Kier molecular flexibility index (Phi) is 4.03. The average molecular weight is 363 g/mol. The van der Waals surface area contributed by atoms with Crippen LogP contribution in [0.5, 0.6) is 0 Å². The maximum Gasteiger partial charge on any atom is 0.228 e. The molecule has 0 aromatic carbocycles. The molecule has 1 amide bonds. The van der Waals surface area contributed by atoms with Crippen molar-refractivity contribution in [3.63, 3.8) is 0 Å². The molecule has 1 atom stereocenters. The van der Waals surface area contributed by atoms with Crippen LogP contribution < -0.4 is 15.8 Å². The molecule has 1 aliphatic rings. The van der Waals surface area contributed by atoms with Gasteiger partial charge in [0.1, 0.15) is 0 Å². The third-order valence-electron chi connectivity index (χ3n) is 3.09. The van der Waals surface area contributed by atoms with Gasteiger partial charge in [-0.1, -0.05) is 0 Å². The van der Waals surface area contributed by atoms with Gasteiger partial charge in [0.25, 0.3) is 0 Å². The number of nitrogens with zero attached hydrogens (tertiary/aromatic N) is 2. The van der Waals surface area contributed by atoms with Crippen LogP contribution in [0.2, 0.25) is 0 Å². The Morgan fingerprint density at radius 2 is 2.20 bits per heavy atom. The summed E-state index contributed by atoms with van der Waals surface area (Å²) in [5.41, 5.74) is 6.95. The highest BCUT2D eigenvalue weighted by Crippen LogP contribution is 2.31. The maximum atomic E-state index is 12.0. The van der Waals surface area contributed by atoms with Crippen molar-refractivity contribution >= 4 is 43.4 Å². The molecule has 110 valence electrons. The fourth-order valence-electron chi connectivity index (χ4n) is 2.22. The summed E-state index contributed by atoms with van der Waals surface area (Å²) in [7, 11) is -3.60. The van der Waals surface area contributed by atoms with Gasteiger partial charge >= 0.3 is 0 Å². The van der Waals surface area contributed by atoms with Crippen LogP contribution >= 0.6 is 15.9 Å². The zero-order valence-electron chi connectivity index (χ0n) is 10.8. The highest BCUT2D eigenvalue weighted by molar-refractivity contribution is 9.10. The molecule has 1 aromatic heterocycles. The topological polar surface area (TPSA) is 119 Å². The molecule has 0 radical (unpaired) electrons. The van der Waals surface area contributed by atoms with Crippen molar-refractivity contribution in [1.82, 2.24) is 4.98 Å². The number of halogens is 1. The first-order chi connectivity index (χ1) is 9.17. The van der Waals surface area contributed by atoms with Crippen molar-refractivity contribution < 1.29 is 13.2 Å². The molecule has 2 heterocycles. The van der Waals surface area contributed by atoms with E-state index < -0.39 is 10.0 Å². The lowest BCUT2D eigenvalue weighted by Crippen LogP contribution is -2.29. The number of nitrogens with two attached hydrogens (primary N) is 2. The molecule has 2 rings (SSSR count). The van der Waals surface area contributed by atoms with Crippen LogP contribution in [-0.2, 0) is 14.8 Å². The quantitative estimate of drug-likeness (QED) is 0.804. The van der Waals surface area contributed by atoms with Gasteiger partial charge in [-0.05, 0) is 28.9 Å². The van der Waals surface area contributed by atoms with Crippen LogP contribution in [0.1, 0.15) is 12.1 Å². The van der Waals surface area contributed by atoms with Gasteiger partial charge in [-0.2, -0.15) is 0 Å². The number of carbonyl (C=O) groups excluding carboxylic acids is 1. The minimum absolute atomic E-state index is 0.132. The van der Waals surface area contributed by atoms with Crippen molar-refractivity contribution in [2.24, 2.45) is 11.1 Å². The molecule has 9 heteroatoms. The summed E-state index contributed by atoms with van der Waals surface area (Å²) in [5.74, 6) is -0.375. The lowest BCUT2D eigenvalue weighted by atomic mass is 10.1. The second-order valence-electron chi connectivity index (χ2n) is 4.87. The Bertz CT molecular complexity index is 662. The summed E-state index contributed by atoms with van der Waals surface area (Å²) in [4.78, 5) is 17.7. The van der Waals surface area contributed by atoms with Gasteiger partial charge in [0.15, 0.2) is 5.82 Å². The monoisotopic (exact) mass is 362 g/mol. The highest BCUT2D eigenvalue weighted by Gasteiger charge is 2.34. The van der Waals surface area contributed by atoms with Crippen LogP contribution in [-0.4, -0.2) is 31.6 Å². The number of primary sulfonamides is 1. The fraction of sp³-hybridized carbons (Fsp3) is 0.455. The van der Waals surface area contributed by atoms with Gasteiger partial charge in [0, 0.05) is 23.4 Å². The van der Waals surface area contributed by atoms with Crippen molar-refractivity contribution in [2.75, 3.05) is 22.9 Å². The Balaban J connectivity index is 2.26. The summed E-state index contributed by atoms with van der Waals surface area (Å²) < 4.78 is 23.0. The largest absolute Gasteiger partial charge is 0.396 e. The number of aromatic nitrogens is 1. The van der Waals surface area contributed by atoms with Gasteiger partial charge in [0.2, 0.25) is 15.9 Å². The predicted molar refractivity (Wildman–Crippen MR) is 79.5 cm³/mol. The van der Waals surface area contributed by atoms with E-state index in [1.165, 1.54) is 4.90 Å². The molecule has 1 fully saturated rings. The standard InChI is InChI=1S/C11H15BrN4O3S/c1-6-8(12)3-9(13)11(15-6)16-4-7(2-10(16)17)5-20(14,18)19/h3,7H,2,4-5,13H2,1H3,(H2,14,18,19). The first-order valence-electron chi connectivity index (χ1n) is 5.91. The van der Waals surface area contributed by atoms with E-state index in [1.807, 2.05) is 0 Å². The number of hydrogen-bond donors (Lipinski definition) is 2. The predicted octanol–water partition coefficient (Wildman–Crippen LogP) is 0.376. The summed E-state index contributed by atoms with van der Waals surface area (Å²) >= 11 is 3.31. The lowest BCUT2D eigenvalue weighted by molar-refractivity contribution is -0.117. The fourth-order valence-corrected chi connectivity index (χ4v) is 3.44. The van der Waals surface area contributed by atoms with Gasteiger partial charge in [-0.3, -0.25) is 9.69 Å². The van der Waals surface area contributed by atoms with E-state index in [9.17, 15) is 13.2 Å². The first-order valence-corrected chi connectivity index (χ1v) is 8.41. The number of hydrogen-bond acceptors (Lipinski definition) is 5. The van der Waals surface area contributed by atoms with Gasteiger partial charge in [-0.25, -0.2) is 18.5 Å². The molecule has 0 spiro atoms. The Morgan fingerprint density at radius 1 is 1.55 bits per heavy atom. The summed E-state index contributed by atoms with van der Waals surface area (Å²) in [6.07, 6.45) is 0.132. The van der Waals surface area contributed by atoms with Crippen molar-refractivity contribution in [3.05, 3.63) is 16.2 Å². The van der Waals surface area contributed by atoms with Gasteiger partial charge in [0.05, 0.1) is 17.1 Å². The summed E-state index contributed by atoms with van der Waals surface area (Å²) in [6.45, 7) is 2.04. The number of rotatable bonds is 3. The van der Waals surface area contributed by atoms with E-state index in [-0.39, 0.29) is 30.5 Å². The van der Waals surface area contributed by atoms with E-state index >= 15 is 0 Å². The number of anilines is 2. The van der Waals surface area contributed by atoms with Crippen molar-refractivity contribution in [2.45, 2.75) is 13.3 Å². The average Bonchev–Trinajstić information content (AvgIpc) is 2.62. The SMILES string of the molecule is Cc1nc(N2CC(CS(N)(=O)=O)CC2=O)c(N)cc1Br. The molecule has 4 N–H and O–H groups in total. The van der Waals surface area contributed by atoms with Crippen LogP contribution in [0.3, 0.4) is 0 Å². The molecular formula is C11H15BrN4O3S. The van der Waals surface area contributed by atoms with E-state index in [2.05, 4.69) is 20.9 Å². The number of sulfonamides is 1. The second kappa shape index (κ2) is 5.30. The zero-order valence-corrected chi connectivity index (χ0v) is 13.2. The molecule has 0 aliphatic carbocycles. The zero-order chi connectivity index (χ0) is 15.1. The Hall–Kier alpha value is -1.19. The van der Waals surface area contributed by atoms with E-state index in [4.69, 9.17) is 10.9 Å². The third-order valence-corrected chi connectivity index (χ3v) is 4.83. The van der Waals surface area contributed by atoms with E-state index in [0.717, 1.165) is 4.47 Å². The van der Waals surface area contributed by atoms with Gasteiger partial charge < -0.3 is 5.73 Å². The molecule has 20 heavy (non-hydrogen) atoms. The minimum Gasteiger partial charge on any atom is -0.396 e. The highest BCUT2D eigenvalue weighted by atomic mass is 79.9. The lowest BCUT2D eigenvalue weighted by Gasteiger charge is -2.18. The van der Waals surface area contributed by atoms with E-state index in [1.54, 1.807) is 13.0 Å². The number of carbonyl (C=O) groups is 1. The molecule has 1 aliphatic heterocycles. The van der Waals surface area contributed by atoms with E-state index in [0.29, 0.717) is 17.2 Å². The molecule has 1 aromatic rings. The number of nitrogen functional groups attached to an aromatic ring is 1. The molecule has 7 nitrogen and oxygen atoms in total. The molecule has 1 unspecified atom stereocenters. The number of amides is 1. The first kappa shape index (κ1) is 15.2. The summed E-state index contributed by atoms with van der Waals surface area (Å²) in [5, 5.41) is 5.01. The van der Waals surface area contributed by atoms with Crippen LogP contribution in [0.4, 0.5) is 11.5 Å². The molecule has 0 bridgehead atoms. The van der Waals surface area contributed by atoms with Crippen LogP contribution in [0.25, 0.3) is 0 Å². The molecular weight excluding hydrogens is 348 g/mol. The van der Waals surface area contributed by atoms with Crippen LogP contribution in [0, 0.1) is 12.8 Å². The number of aryl methyl sites for hydroxylation is 1. The van der Waals surface area contributed by atoms with Gasteiger partial charge in [-0.15, -0.1) is 0 Å².